The summed E-state index contributed by atoms with van der Waals surface area (Å²) in [6.07, 6.45) is 2.55. The summed E-state index contributed by atoms with van der Waals surface area (Å²) in [6, 6.07) is 6.23. The number of sulfonamides is 1. The fourth-order valence-electron chi connectivity index (χ4n) is 3.00. The molecule has 0 saturated heterocycles. The van der Waals surface area contributed by atoms with E-state index in [0.717, 1.165) is 12.0 Å². The molecule has 0 spiro atoms. The number of nitrogens with one attached hydrogen (secondary N) is 2. The quantitative estimate of drug-likeness (QED) is 0.364. The minimum absolute atomic E-state index is 0.161. The lowest BCUT2D eigenvalue weighted by Gasteiger charge is -2.11. The molecule has 3 aromatic rings. The monoisotopic (exact) mass is 476 g/mol. The number of nitrogens with two attached hydrogens (primary N) is 1. The van der Waals surface area contributed by atoms with Crippen LogP contribution in [0, 0.1) is 0 Å². The molecule has 0 saturated carbocycles. The van der Waals surface area contributed by atoms with E-state index in [4.69, 9.17) is 10.5 Å². The normalized spacial score (nSPS) is 11.5. The average Bonchev–Trinajstić information content (AvgIpc) is 3.21. The Hall–Kier alpha value is -3.45. The van der Waals surface area contributed by atoms with Gasteiger partial charge in [0.2, 0.25) is 16.0 Å². The zero-order valence-electron chi connectivity index (χ0n) is 18.8. The summed E-state index contributed by atoms with van der Waals surface area (Å²) in [4.78, 5) is 26.9. The number of ether oxygens (including phenoxy) is 1. The Morgan fingerprint density at radius 3 is 2.58 bits per heavy atom. The molecular formula is C20H28N8O4S. The number of aryl methyl sites for hydroxylation is 1. The molecule has 0 aliphatic rings. The highest BCUT2D eigenvalue weighted by molar-refractivity contribution is 7.89. The minimum atomic E-state index is -3.48. The summed E-state index contributed by atoms with van der Waals surface area (Å²) in [6.45, 7) is 1.14. The van der Waals surface area contributed by atoms with Crippen LogP contribution in [0.15, 0.2) is 35.5 Å². The summed E-state index contributed by atoms with van der Waals surface area (Å²) in [7, 11) is 1.55. The van der Waals surface area contributed by atoms with Gasteiger partial charge in [-0.3, -0.25) is 0 Å². The SMILES string of the molecule is CNS(=O)(=O)c1ccc(CNC(=O)OCCCCn2cnc3c(N)nc(N(C)C)nc32)cc1. The lowest BCUT2D eigenvalue weighted by molar-refractivity contribution is 0.143. The molecule has 4 N–H and O–H groups in total. The van der Waals surface area contributed by atoms with Gasteiger partial charge in [-0.15, -0.1) is 0 Å². The summed E-state index contributed by atoms with van der Waals surface area (Å²) in [5, 5.41) is 2.65. The van der Waals surface area contributed by atoms with E-state index in [9.17, 15) is 13.2 Å². The number of rotatable bonds is 10. The van der Waals surface area contributed by atoms with E-state index in [1.807, 2.05) is 18.7 Å². The standard InChI is InChI=1S/C20H28N8O4S/c1-22-33(30,31)15-8-6-14(7-9-15)12-23-20(29)32-11-5-4-10-28-13-24-16-17(21)25-19(27(2)3)26-18(16)28/h6-9,13,22H,4-5,10-12H2,1-3H3,(H,23,29)(H2,21,25,26). The van der Waals surface area contributed by atoms with Crippen LogP contribution in [0.25, 0.3) is 11.2 Å². The molecule has 0 aliphatic carbocycles. The van der Waals surface area contributed by atoms with Crippen molar-refractivity contribution in [3.05, 3.63) is 36.2 Å². The predicted molar refractivity (Wildman–Crippen MR) is 124 cm³/mol. The van der Waals surface area contributed by atoms with Crippen molar-refractivity contribution in [3.8, 4) is 0 Å². The van der Waals surface area contributed by atoms with Crippen LogP contribution < -0.4 is 20.7 Å². The molecule has 0 aliphatic heterocycles. The van der Waals surface area contributed by atoms with Gasteiger partial charge >= 0.3 is 6.09 Å². The van der Waals surface area contributed by atoms with Crippen LogP contribution >= 0.6 is 0 Å². The maximum Gasteiger partial charge on any atom is 0.407 e. The second-order valence-corrected chi connectivity index (χ2v) is 9.35. The summed E-state index contributed by atoms with van der Waals surface area (Å²) in [5.74, 6) is 0.848. The molecule has 13 heteroatoms. The van der Waals surface area contributed by atoms with Crippen molar-refractivity contribution in [2.45, 2.75) is 30.8 Å². The summed E-state index contributed by atoms with van der Waals surface area (Å²) < 4.78 is 32.8. The summed E-state index contributed by atoms with van der Waals surface area (Å²) >= 11 is 0. The number of anilines is 2. The number of imidazole rings is 1. The summed E-state index contributed by atoms with van der Waals surface area (Å²) in [5.41, 5.74) is 7.96. The Balaban J connectivity index is 1.41. The number of hydrogen-bond donors (Lipinski definition) is 3. The smallest absolute Gasteiger partial charge is 0.407 e. The van der Waals surface area contributed by atoms with Crippen LogP contribution in [0.1, 0.15) is 18.4 Å². The van der Waals surface area contributed by atoms with Crippen molar-refractivity contribution in [1.29, 1.82) is 0 Å². The first-order chi connectivity index (χ1) is 15.7. The number of unbranched alkanes of at least 4 members (excludes halogenated alkanes) is 1. The molecular weight excluding hydrogens is 448 g/mol. The van der Waals surface area contributed by atoms with Crippen LogP contribution in [0.5, 0.6) is 0 Å². The van der Waals surface area contributed by atoms with Gasteiger partial charge in [-0.1, -0.05) is 12.1 Å². The van der Waals surface area contributed by atoms with Crippen molar-refractivity contribution >= 4 is 39.0 Å². The zero-order chi connectivity index (χ0) is 24.0. The molecule has 0 unspecified atom stereocenters. The second kappa shape index (κ2) is 10.4. The maximum atomic E-state index is 11.9. The largest absolute Gasteiger partial charge is 0.450 e. The van der Waals surface area contributed by atoms with E-state index in [1.165, 1.54) is 19.2 Å². The number of benzene rings is 1. The van der Waals surface area contributed by atoms with Gasteiger partial charge in [0, 0.05) is 27.2 Å². The van der Waals surface area contributed by atoms with E-state index in [-0.39, 0.29) is 18.0 Å². The third-order valence-corrected chi connectivity index (χ3v) is 6.28. The van der Waals surface area contributed by atoms with Gasteiger partial charge < -0.3 is 25.3 Å². The zero-order valence-corrected chi connectivity index (χ0v) is 19.6. The fraction of sp³-hybridized carbons (Fsp3) is 0.400. The molecule has 178 valence electrons. The number of nitrogen functional groups attached to an aromatic ring is 1. The van der Waals surface area contributed by atoms with Crippen molar-refractivity contribution in [3.63, 3.8) is 0 Å². The number of carbonyl (C=O) groups is 1. The number of nitrogens with zero attached hydrogens (tertiary/aromatic N) is 5. The molecule has 33 heavy (non-hydrogen) atoms. The van der Waals surface area contributed by atoms with Crippen LogP contribution in [-0.2, 0) is 27.8 Å². The molecule has 0 fully saturated rings. The van der Waals surface area contributed by atoms with Crippen LogP contribution in [-0.4, -0.2) is 61.8 Å². The molecule has 0 bridgehead atoms. The molecule has 3 rings (SSSR count). The van der Waals surface area contributed by atoms with Crippen LogP contribution in [0.4, 0.5) is 16.6 Å². The number of hydrogen-bond acceptors (Lipinski definition) is 9. The average molecular weight is 477 g/mol. The molecule has 2 aromatic heterocycles. The van der Waals surface area contributed by atoms with Crippen molar-refractivity contribution in [1.82, 2.24) is 29.6 Å². The van der Waals surface area contributed by atoms with Gasteiger partial charge in [0.05, 0.1) is 17.8 Å². The first-order valence-corrected chi connectivity index (χ1v) is 11.8. The van der Waals surface area contributed by atoms with E-state index in [2.05, 4.69) is 25.0 Å². The third-order valence-electron chi connectivity index (χ3n) is 4.84. The van der Waals surface area contributed by atoms with E-state index < -0.39 is 16.1 Å². The molecule has 12 nitrogen and oxygen atoms in total. The Bertz CT molecular complexity index is 1210. The van der Waals surface area contributed by atoms with Gasteiger partial charge in [-0.05, 0) is 37.6 Å². The van der Waals surface area contributed by atoms with Gasteiger partial charge in [-0.25, -0.2) is 22.9 Å². The molecule has 0 radical (unpaired) electrons. The lowest BCUT2D eigenvalue weighted by Crippen LogP contribution is -2.24. The van der Waals surface area contributed by atoms with E-state index in [0.29, 0.717) is 35.9 Å². The van der Waals surface area contributed by atoms with E-state index in [1.54, 1.807) is 23.4 Å². The van der Waals surface area contributed by atoms with Gasteiger partial charge in [0.1, 0.15) is 5.52 Å². The molecule has 1 aromatic carbocycles. The minimum Gasteiger partial charge on any atom is -0.450 e. The van der Waals surface area contributed by atoms with Gasteiger partial charge in [0.15, 0.2) is 11.5 Å². The number of aromatic nitrogens is 4. The topological polar surface area (TPSA) is 157 Å². The lowest BCUT2D eigenvalue weighted by atomic mass is 10.2. The highest BCUT2D eigenvalue weighted by atomic mass is 32.2. The Labute approximate surface area is 192 Å². The van der Waals surface area contributed by atoms with Crippen molar-refractivity contribution in [2.24, 2.45) is 0 Å². The Morgan fingerprint density at radius 2 is 1.91 bits per heavy atom. The Morgan fingerprint density at radius 1 is 1.18 bits per heavy atom. The van der Waals surface area contributed by atoms with E-state index >= 15 is 0 Å². The number of amides is 1. The van der Waals surface area contributed by atoms with Crippen LogP contribution in [0.2, 0.25) is 0 Å². The highest BCUT2D eigenvalue weighted by Crippen LogP contribution is 2.19. The molecule has 1 amide bonds. The van der Waals surface area contributed by atoms with Gasteiger partial charge in [0.25, 0.3) is 0 Å². The first kappa shape index (κ1) is 24.2. The third kappa shape index (κ3) is 6.08. The number of alkyl carbamates (subject to hydrolysis) is 1. The predicted octanol–water partition coefficient (Wildman–Crippen LogP) is 1.09. The molecule has 2 heterocycles. The Kier molecular flexibility index (Phi) is 7.66. The maximum absolute atomic E-state index is 11.9. The van der Waals surface area contributed by atoms with Gasteiger partial charge in [-0.2, -0.15) is 9.97 Å². The molecule has 0 atom stereocenters. The second-order valence-electron chi connectivity index (χ2n) is 7.46. The number of fused-ring (bicyclic) bond motifs is 1. The van der Waals surface area contributed by atoms with Crippen molar-refractivity contribution in [2.75, 3.05) is 38.4 Å². The highest BCUT2D eigenvalue weighted by Gasteiger charge is 2.13. The van der Waals surface area contributed by atoms with Crippen LogP contribution in [0.3, 0.4) is 0 Å². The fourth-order valence-corrected chi connectivity index (χ4v) is 3.73. The first-order valence-electron chi connectivity index (χ1n) is 10.3. The van der Waals surface area contributed by atoms with Crippen molar-refractivity contribution < 1.29 is 17.9 Å². The number of carbonyl (C=O) groups excluding carboxylic acids is 1.